The van der Waals surface area contributed by atoms with Crippen molar-refractivity contribution in [1.82, 2.24) is 29.8 Å². The van der Waals surface area contributed by atoms with E-state index < -0.39 is 59.0 Å². The van der Waals surface area contributed by atoms with Crippen LogP contribution in [-0.2, 0) is 16.2 Å². The molecule has 3 aromatic carbocycles. The predicted molar refractivity (Wildman–Crippen MR) is 235 cm³/mol. The Morgan fingerprint density at radius 1 is 0.646 bits per heavy atom. The summed E-state index contributed by atoms with van der Waals surface area (Å²) in [6.45, 7) is 6.62. The van der Waals surface area contributed by atoms with Crippen LogP contribution >= 0.6 is 13.5 Å². The van der Waals surface area contributed by atoms with Crippen LogP contribution in [0.3, 0.4) is 0 Å². The third-order valence-electron chi connectivity index (χ3n) is 11.7. The highest BCUT2D eigenvalue weighted by Crippen LogP contribution is 2.49. The standard InChI is InChI=1S/C14H13F2N3O2.C14H15F2N3.C10H13BO2.C4H3F2N3O2.H2S/c1-14(6-7-14)9-2-4-10(5-3-9)18-8-11(19(20)21)12(17-18)13(15)16;1-14(6-7-14)9-2-4-10(5-3-9)19-8-11(17)12(18-19)13(15)16;1-10(6-7-10)8-2-4-9(5-3-8)11(12)13;5-4(6)3-2(9(10)11)1-7-8-3;/h2-5,8,13H,6-7H2,1H3;2-5,8,13H,6-7,17H2,1H3;2-5,12-13H,6-7H2,1H3;1,4H,(H,7,8);1H2. The number of alkyl halides is 6. The molecular formula is C42H46BF6N9O6S. The second-order valence-corrected chi connectivity index (χ2v) is 16.6. The Labute approximate surface area is 375 Å². The van der Waals surface area contributed by atoms with Gasteiger partial charge >= 0.3 is 18.5 Å². The van der Waals surface area contributed by atoms with Crippen LogP contribution in [-0.4, -0.2) is 56.8 Å². The molecule has 0 aliphatic heterocycles. The number of benzene rings is 3. The minimum absolute atomic E-state index is 0. The van der Waals surface area contributed by atoms with Gasteiger partial charge in [0.2, 0.25) is 5.69 Å². The number of nitrogens with zero attached hydrogens (tertiary/aromatic N) is 7. The maximum absolute atomic E-state index is 12.8. The zero-order valence-corrected chi connectivity index (χ0v) is 36.2. The van der Waals surface area contributed by atoms with Gasteiger partial charge in [0.25, 0.3) is 19.3 Å². The molecule has 3 heterocycles. The molecule has 0 amide bonds. The van der Waals surface area contributed by atoms with E-state index in [1.165, 1.54) is 53.3 Å². The number of hydrogen-bond donors (Lipinski definition) is 4. The molecule has 65 heavy (non-hydrogen) atoms. The molecule has 15 nitrogen and oxygen atoms in total. The quantitative estimate of drug-likeness (QED) is 0.0418. The Balaban J connectivity index is 0.000000167. The lowest BCUT2D eigenvalue weighted by molar-refractivity contribution is -0.386. The highest BCUT2D eigenvalue weighted by atomic mass is 32.1. The number of nitrogen functional groups attached to an aromatic ring is 1. The third kappa shape index (κ3) is 11.9. The summed E-state index contributed by atoms with van der Waals surface area (Å²) >= 11 is 0. The third-order valence-corrected chi connectivity index (χ3v) is 11.7. The van der Waals surface area contributed by atoms with Gasteiger partial charge in [-0.25, -0.2) is 35.7 Å². The van der Waals surface area contributed by atoms with Gasteiger partial charge in [-0.05, 0) is 101 Å². The fourth-order valence-corrected chi connectivity index (χ4v) is 6.62. The van der Waals surface area contributed by atoms with Crippen molar-refractivity contribution >= 4 is 43.1 Å². The Kier molecular flexibility index (Phi) is 15.3. The number of rotatable bonds is 11. The Morgan fingerprint density at radius 2 is 1.03 bits per heavy atom. The molecule has 0 spiro atoms. The second-order valence-electron chi connectivity index (χ2n) is 16.6. The number of nitrogens with two attached hydrogens (primary N) is 1. The van der Waals surface area contributed by atoms with Crippen molar-refractivity contribution in [2.24, 2.45) is 0 Å². The molecule has 0 unspecified atom stereocenters. The lowest BCUT2D eigenvalue weighted by Gasteiger charge is -2.09. The Morgan fingerprint density at radius 3 is 1.34 bits per heavy atom. The molecular weight excluding hydrogens is 883 g/mol. The van der Waals surface area contributed by atoms with E-state index in [2.05, 4.69) is 36.1 Å². The molecule has 3 saturated carbocycles. The summed E-state index contributed by atoms with van der Waals surface area (Å²) in [6, 6.07) is 22.7. The molecule has 0 saturated heterocycles. The normalized spacial score (nSPS) is 15.6. The van der Waals surface area contributed by atoms with Gasteiger partial charge < -0.3 is 15.8 Å². The van der Waals surface area contributed by atoms with Crippen molar-refractivity contribution in [3.8, 4) is 11.4 Å². The molecule has 346 valence electrons. The van der Waals surface area contributed by atoms with Gasteiger partial charge in [0.1, 0.15) is 12.4 Å². The van der Waals surface area contributed by atoms with Crippen molar-refractivity contribution < 1.29 is 46.2 Å². The molecule has 3 aliphatic rings. The SMILES string of the molecule is CC1(c2ccc(-n3cc(N)c(C(F)F)n3)cc2)CC1.CC1(c2ccc(-n3cc([N+](=O)[O-])c(C(F)F)n3)cc2)CC1.CC1(c2ccc(B(O)O)cc2)CC1.O=[N+]([O-])c1cn[nH]c1C(F)F.S. The number of nitro groups is 2. The fraction of sp³-hybridized carbons (Fsp3) is 0.357. The number of nitrogens with one attached hydrogen (secondary N) is 1. The summed E-state index contributed by atoms with van der Waals surface area (Å²) in [5.41, 5.74) is 8.75. The Hall–Kier alpha value is -6.20. The van der Waals surface area contributed by atoms with Crippen molar-refractivity contribution in [2.45, 2.75) is 94.8 Å². The first kappa shape index (κ1) is 49.8. The number of H-pyrrole nitrogens is 1. The molecule has 0 bridgehead atoms. The number of aromatic amines is 1. The van der Waals surface area contributed by atoms with Gasteiger partial charge in [-0.3, -0.25) is 25.3 Å². The van der Waals surface area contributed by atoms with Gasteiger partial charge in [0.15, 0.2) is 11.4 Å². The van der Waals surface area contributed by atoms with Crippen LogP contribution in [0.1, 0.15) is 112 Å². The number of hydrogen-bond acceptors (Lipinski definition) is 10. The highest BCUT2D eigenvalue weighted by molar-refractivity contribution is 7.59. The van der Waals surface area contributed by atoms with Crippen molar-refractivity contribution in [3.05, 3.63) is 145 Å². The molecule has 5 N–H and O–H groups in total. The first-order valence-electron chi connectivity index (χ1n) is 19.9. The van der Waals surface area contributed by atoms with Crippen LogP contribution in [0.5, 0.6) is 0 Å². The molecule has 0 atom stereocenters. The van der Waals surface area contributed by atoms with E-state index in [1.54, 1.807) is 24.3 Å². The van der Waals surface area contributed by atoms with Crippen LogP contribution in [0.25, 0.3) is 11.4 Å². The van der Waals surface area contributed by atoms with Crippen molar-refractivity contribution in [2.75, 3.05) is 5.73 Å². The lowest BCUT2D eigenvalue weighted by atomic mass is 9.79. The van der Waals surface area contributed by atoms with Gasteiger partial charge in [0, 0.05) is 0 Å². The summed E-state index contributed by atoms with van der Waals surface area (Å²) in [7, 11) is -1.35. The summed E-state index contributed by atoms with van der Waals surface area (Å²) in [5.74, 6) is 0. The minimum Gasteiger partial charge on any atom is -0.423 e. The van der Waals surface area contributed by atoms with Crippen LogP contribution in [0, 0.1) is 20.2 Å². The van der Waals surface area contributed by atoms with E-state index in [0.717, 1.165) is 35.6 Å². The summed E-state index contributed by atoms with van der Waals surface area (Å²) in [5, 5.41) is 51.0. The van der Waals surface area contributed by atoms with E-state index in [1.807, 2.05) is 53.6 Å². The summed E-state index contributed by atoms with van der Waals surface area (Å²) < 4.78 is 77.0. The Bertz CT molecular complexity index is 2560. The van der Waals surface area contributed by atoms with E-state index in [-0.39, 0.29) is 30.3 Å². The fourth-order valence-electron chi connectivity index (χ4n) is 6.62. The van der Waals surface area contributed by atoms with Crippen LogP contribution in [0.2, 0.25) is 0 Å². The first-order chi connectivity index (χ1) is 30.1. The first-order valence-corrected chi connectivity index (χ1v) is 19.9. The molecule has 9 rings (SSSR count). The van der Waals surface area contributed by atoms with E-state index in [0.29, 0.717) is 22.0 Å². The number of anilines is 1. The summed E-state index contributed by atoms with van der Waals surface area (Å²) in [4.78, 5) is 19.0. The molecule has 3 aromatic heterocycles. The monoisotopic (exact) mass is 929 g/mol. The van der Waals surface area contributed by atoms with Crippen LogP contribution in [0.15, 0.2) is 91.4 Å². The zero-order chi connectivity index (χ0) is 46.7. The maximum atomic E-state index is 12.8. The zero-order valence-electron chi connectivity index (χ0n) is 35.2. The number of aromatic nitrogens is 6. The van der Waals surface area contributed by atoms with E-state index >= 15 is 0 Å². The topological polar surface area (TPSA) is 217 Å². The van der Waals surface area contributed by atoms with Gasteiger partial charge in [0.05, 0.1) is 33.1 Å². The van der Waals surface area contributed by atoms with Crippen LogP contribution < -0.4 is 11.2 Å². The van der Waals surface area contributed by atoms with Gasteiger partial charge in [-0.1, -0.05) is 69.3 Å². The smallest absolute Gasteiger partial charge is 0.423 e. The summed E-state index contributed by atoms with van der Waals surface area (Å²) in [6.07, 6.45) is 1.85. The minimum atomic E-state index is -2.98. The highest BCUT2D eigenvalue weighted by Gasteiger charge is 2.40. The average molecular weight is 930 g/mol. The second kappa shape index (κ2) is 19.9. The van der Waals surface area contributed by atoms with Crippen molar-refractivity contribution in [3.63, 3.8) is 0 Å². The molecule has 23 heteroatoms. The number of halogens is 6. The largest absolute Gasteiger partial charge is 0.488 e. The van der Waals surface area contributed by atoms with Crippen molar-refractivity contribution in [1.29, 1.82) is 0 Å². The predicted octanol–water partition coefficient (Wildman–Crippen LogP) is 9.00. The van der Waals surface area contributed by atoms with E-state index in [9.17, 15) is 46.6 Å². The van der Waals surface area contributed by atoms with E-state index in [4.69, 9.17) is 15.8 Å². The van der Waals surface area contributed by atoms with Gasteiger partial charge in [-0.15, -0.1) is 0 Å². The average Bonchev–Trinajstić information content (AvgIpc) is 4.18. The molecule has 6 aromatic rings. The molecule has 0 radical (unpaired) electrons. The molecule has 3 fully saturated rings. The van der Waals surface area contributed by atoms with Crippen LogP contribution in [0.4, 0.5) is 43.4 Å². The van der Waals surface area contributed by atoms with Gasteiger partial charge in [-0.2, -0.15) is 28.8 Å². The molecule has 3 aliphatic carbocycles. The maximum Gasteiger partial charge on any atom is 0.488 e. The lowest BCUT2D eigenvalue weighted by Crippen LogP contribution is -2.29.